The second-order valence-electron chi connectivity index (χ2n) is 6.18. The van der Waals surface area contributed by atoms with Crippen molar-refractivity contribution in [3.63, 3.8) is 0 Å². The summed E-state index contributed by atoms with van der Waals surface area (Å²) in [6.07, 6.45) is 1.41. The lowest BCUT2D eigenvalue weighted by Gasteiger charge is -2.21. The average molecular weight is 335 g/mol. The van der Waals surface area contributed by atoms with E-state index in [0.29, 0.717) is 23.6 Å². The number of hydrogen-bond donors (Lipinski definition) is 1. The Hall–Kier alpha value is -1.83. The monoisotopic (exact) mass is 335 g/mol. The maximum atomic E-state index is 12.7. The van der Waals surface area contributed by atoms with Crippen LogP contribution in [0.1, 0.15) is 26.5 Å². The summed E-state index contributed by atoms with van der Waals surface area (Å²) in [7, 11) is -2.09. The van der Waals surface area contributed by atoms with Crippen molar-refractivity contribution in [2.45, 2.75) is 37.8 Å². The largest absolute Gasteiger partial charge is 0.378 e. The van der Waals surface area contributed by atoms with Gasteiger partial charge in [-0.05, 0) is 32.9 Å². The molecule has 1 aromatic carbocycles. The van der Waals surface area contributed by atoms with Gasteiger partial charge in [-0.25, -0.2) is 23.1 Å². The second-order valence-corrected chi connectivity index (χ2v) is 7.83. The zero-order valence-corrected chi connectivity index (χ0v) is 14.5. The summed E-state index contributed by atoms with van der Waals surface area (Å²) in [5, 5.41) is 0. The third-order valence-corrected chi connectivity index (χ3v) is 4.73. The third-order valence-electron chi connectivity index (χ3n) is 2.91. The van der Waals surface area contributed by atoms with Crippen molar-refractivity contribution in [3.05, 3.63) is 42.4 Å². The van der Waals surface area contributed by atoms with Gasteiger partial charge in [-0.15, -0.1) is 0 Å². The second kappa shape index (κ2) is 6.74. The van der Waals surface area contributed by atoms with Crippen LogP contribution in [-0.4, -0.2) is 31.0 Å². The van der Waals surface area contributed by atoms with Crippen molar-refractivity contribution >= 4 is 10.0 Å². The van der Waals surface area contributed by atoms with Crippen LogP contribution in [0.5, 0.6) is 0 Å². The number of aromatic nitrogens is 2. The summed E-state index contributed by atoms with van der Waals surface area (Å²) in [6.45, 7) is 5.74. The van der Waals surface area contributed by atoms with Gasteiger partial charge in [0.1, 0.15) is 6.33 Å². The Bertz CT molecular complexity index is 783. The van der Waals surface area contributed by atoms with Crippen molar-refractivity contribution in [3.8, 4) is 11.3 Å². The lowest BCUT2D eigenvalue weighted by atomic mass is 10.1. The normalized spacial score (nSPS) is 12.3. The Balaban J connectivity index is 2.52. The van der Waals surface area contributed by atoms with Gasteiger partial charge >= 0.3 is 0 Å². The smallest absolute Gasteiger partial charge is 0.241 e. The van der Waals surface area contributed by atoms with E-state index in [1.54, 1.807) is 58.2 Å². The number of rotatable bonds is 5. The fraction of sp³-hybridized carbons (Fsp3) is 0.375. The summed E-state index contributed by atoms with van der Waals surface area (Å²) >= 11 is 0. The number of nitrogens with one attached hydrogen (secondary N) is 1. The summed E-state index contributed by atoms with van der Waals surface area (Å²) in [6, 6.07) is 8.51. The highest BCUT2D eigenvalue weighted by Gasteiger charge is 2.25. The van der Waals surface area contributed by atoms with E-state index in [1.165, 1.54) is 6.33 Å². The predicted octanol–water partition coefficient (Wildman–Crippen LogP) is 2.37. The molecule has 0 saturated heterocycles. The van der Waals surface area contributed by atoms with Gasteiger partial charge in [-0.1, -0.05) is 18.2 Å². The van der Waals surface area contributed by atoms with Crippen LogP contribution in [0.15, 0.2) is 41.6 Å². The van der Waals surface area contributed by atoms with Gasteiger partial charge in [0.25, 0.3) is 0 Å². The van der Waals surface area contributed by atoms with Crippen LogP contribution in [0.2, 0.25) is 0 Å². The molecule has 0 aliphatic heterocycles. The van der Waals surface area contributed by atoms with Gasteiger partial charge in [0.15, 0.2) is 0 Å². The molecule has 0 bridgehead atoms. The van der Waals surface area contributed by atoms with Crippen LogP contribution < -0.4 is 4.72 Å². The van der Waals surface area contributed by atoms with E-state index in [2.05, 4.69) is 14.7 Å². The van der Waals surface area contributed by atoms with E-state index in [4.69, 9.17) is 4.74 Å². The number of methoxy groups -OCH3 is 1. The predicted molar refractivity (Wildman–Crippen MR) is 88.3 cm³/mol. The molecule has 0 amide bonds. The number of benzene rings is 1. The molecular weight excluding hydrogens is 314 g/mol. The fourth-order valence-electron chi connectivity index (χ4n) is 2.14. The summed E-state index contributed by atoms with van der Waals surface area (Å²) in [5.41, 5.74) is 1.19. The van der Waals surface area contributed by atoms with Crippen LogP contribution in [-0.2, 0) is 21.4 Å². The molecule has 2 aromatic rings. The molecule has 2 rings (SSSR count). The molecule has 6 nitrogen and oxygen atoms in total. The summed E-state index contributed by atoms with van der Waals surface area (Å²) in [5.74, 6) is 0. The first kappa shape index (κ1) is 17.5. The molecule has 0 atom stereocenters. The quantitative estimate of drug-likeness (QED) is 0.907. The number of hydrogen-bond acceptors (Lipinski definition) is 5. The van der Waals surface area contributed by atoms with Gasteiger partial charge in [-0.2, -0.15) is 0 Å². The van der Waals surface area contributed by atoms with Crippen molar-refractivity contribution < 1.29 is 13.2 Å². The van der Waals surface area contributed by atoms with Crippen molar-refractivity contribution in [1.82, 2.24) is 14.7 Å². The molecule has 0 aliphatic carbocycles. The average Bonchev–Trinajstić information content (AvgIpc) is 2.45. The van der Waals surface area contributed by atoms with E-state index in [0.717, 1.165) is 0 Å². The molecular formula is C16H21N3O3S. The first-order valence-electron chi connectivity index (χ1n) is 7.16. The van der Waals surface area contributed by atoms with Crippen molar-refractivity contribution in [2.24, 2.45) is 0 Å². The Morgan fingerprint density at radius 2 is 1.87 bits per heavy atom. The van der Waals surface area contributed by atoms with Crippen molar-refractivity contribution in [2.75, 3.05) is 7.11 Å². The maximum absolute atomic E-state index is 12.7. The Labute approximate surface area is 137 Å². The van der Waals surface area contributed by atoms with Gasteiger partial charge < -0.3 is 4.74 Å². The molecule has 0 fully saturated rings. The van der Waals surface area contributed by atoms with Gasteiger partial charge in [0.2, 0.25) is 10.0 Å². The molecule has 1 N–H and O–H groups in total. The lowest BCUT2D eigenvalue weighted by molar-refractivity contribution is 0.181. The standard InChI is InChI=1S/C16H21N3O3S/c1-16(2,3)19-23(20,21)15-8-6-5-7-13(15)14-9-12(10-22-4)17-11-18-14/h5-9,11,19H,10H2,1-4H3. The van der Waals surface area contributed by atoms with Crippen LogP contribution in [0.3, 0.4) is 0 Å². The molecule has 1 aromatic heterocycles. The van der Waals surface area contributed by atoms with E-state index < -0.39 is 15.6 Å². The zero-order chi connectivity index (χ0) is 17.1. The number of nitrogens with zero attached hydrogens (tertiary/aromatic N) is 2. The van der Waals surface area contributed by atoms with Crippen molar-refractivity contribution in [1.29, 1.82) is 0 Å². The minimum absolute atomic E-state index is 0.192. The van der Waals surface area contributed by atoms with Gasteiger partial charge in [-0.3, -0.25) is 0 Å². The molecule has 7 heteroatoms. The molecule has 0 unspecified atom stereocenters. The number of sulfonamides is 1. The molecule has 0 spiro atoms. The van der Waals surface area contributed by atoms with E-state index in [1.807, 2.05) is 0 Å². The topological polar surface area (TPSA) is 81.2 Å². The molecule has 0 radical (unpaired) electrons. The highest BCUT2D eigenvalue weighted by Crippen LogP contribution is 2.26. The molecule has 124 valence electrons. The van der Waals surface area contributed by atoms with Gasteiger partial charge in [0.05, 0.1) is 22.9 Å². The Kier molecular flexibility index (Phi) is 5.13. The van der Waals surface area contributed by atoms with Crippen LogP contribution in [0.25, 0.3) is 11.3 Å². The summed E-state index contributed by atoms with van der Waals surface area (Å²) < 4.78 is 33.1. The SMILES string of the molecule is COCc1cc(-c2ccccc2S(=O)(=O)NC(C)(C)C)ncn1. The van der Waals surface area contributed by atoms with Crippen LogP contribution >= 0.6 is 0 Å². The Morgan fingerprint density at radius 3 is 2.52 bits per heavy atom. The minimum Gasteiger partial charge on any atom is -0.378 e. The first-order valence-corrected chi connectivity index (χ1v) is 8.64. The fourth-order valence-corrected chi connectivity index (χ4v) is 3.78. The van der Waals surface area contributed by atoms with E-state index in [-0.39, 0.29) is 4.90 Å². The minimum atomic E-state index is -3.66. The maximum Gasteiger partial charge on any atom is 0.241 e. The highest BCUT2D eigenvalue weighted by atomic mass is 32.2. The third kappa shape index (κ3) is 4.57. The van der Waals surface area contributed by atoms with E-state index >= 15 is 0 Å². The first-order chi connectivity index (χ1) is 10.7. The zero-order valence-electron chi connectivity index (χ0n) is 13.7. The molecule has 23 heavy (non-hydrogen) atoms. The van der Waals surface area contributed by atoms with Crippen LogP contribution in [0.4, 0.5) is 0 Å². The number of ether oxygens (including phenoxy) is 1. The van der Waals surface area contributed by atoms with Gasteiger partial charge in [0, 0.05) is 18.2 Å². The summed E-state index contributed by atoms with van der Waals surface area (Å²) in [4.78, 5) is 8.50. The van der Waals surface area contributed by atoms with Crippen LogP contribution in [0, 0.1) is 0 Å². The van der Waals surface area contributed by atoms with E-state index in [9.17, 15) is 8.42 Å². The molecule has 1 heterocycles. The Morgan fingerprint density at radius 1 is 1.17 bits per heavy atom. The molecule has 0 saturated carbocycles. The lowest BCUT2D eigenvalue weighted by Crippen LogP contribution is -2.40. The highest BCUT2D eigenvalue weighted by molar-refractivity contribution is 7.89. The molecule has 0 aliphatic rings.